The van der Waals surface area contributed by atoms with Crippen LogP contribution in [0.2, 0.25) is 0 Å². The van der Waals surface area contributed by atoms with E-state index in [9.17, 15) is 9.59 Å². The highest BCUT2D eigenvalue weighted by atomic mass is 32.1. The zero-order valence-corrected chi connectivity index (χ0v) is 8.34. The standard InChI is InChI=1S/C10H8O3S/c1-13-10(12)7-2-3-8-6(9(7)11)4-5-14-8/h2-5,7H,1H3. The van der Waals surface area contributed by atoms with Crippen molar-refractivity contribution in [2.45, 2.75) is 0 Å². The minimum absolute atomic E-state index is 0.171. The Balaban J connectivity index is 2.37. The molecule has 0 amide bonds. The van der Waals surface area contributed by atoms with E-state index in [4.69, 9.17) is 0 Å². The van der Waals surface area contributed by atoms with Gasteiger partial charge >= 0.3 is 5.97 Å². The molecule has 0 aliphatic heterocycles. The molecular weight excluding hydrogens is 200 g/mol. The molecule has 72 valence electrons. The summed E-state index contributed by atoms with van der Waals surface area (Å²) in [5.74, 6) is -1.43. The summed E-state index contributed by atoms with van der Waals surface area (Å²) >= 11 is 1.49. The molecule has 0 saturated heterocycles. The van der Waals surface area contributed by atoms with E-state index in [-0.39, 0.29) is 5.78 Å². The Labute approximate surface area is 85.0 Å². The van der Waals surface area contributed by atoms with Gasteiger partial charge in [0.1, 0.15) is 5.92 Å². The average molecular weight is 208 g/mol. The lowest BCUT2D eigenvalue weighted by atomic mass is 9.93. The fraction of sp³-hybridized carbons (Fsp3) is 0.200. The summed E-state index contributed by atoms with van der Waals surface area (Å²) in [5.41, 5.74) is 0.618. The van der Waals surface area contributed by atoms with Crippen molar-refractivity contribution < 1.29 is 14.3 Å². The maximum Gasteiger partial charge on any atom is 0.320 e. The second kappa shape index (κ2) is 3.38. The molecule has 0 aromatic carbocycles. The monoisotopic (exact) mass is 208 g/mol. The Morgan fingerprint density at radius 3 is 3.07 bits per heavy atom. The molecule has 4 heteroatoms. The first-order valence-corrected chi connectivity index (χ1v) is 4.99. The number of thiophene rings is 1. The van der Waals surface area contributed by atoms with Crippen LogP contribution in [0.25, 0.3) is 6.08 Å². The Kier molecular flexibility index (Phi) is 2.21. The molecule has 1 aliphatic carbocycles. The molecule has 3 nitrogen and oxygen atoms in total. The van der Waals surface area contributed by atoms with Gasteiger partial charge in [-0.25, -0.2) is 0 Å². The minimum atomic E-state index is -0.762. The minimum Gasteiger partial charge on any atom is -0.468 e. The summed E-state index contributed by atoms with van der Waals surface area (Å²) in [4.78, 5) is 23.9. The summed E-state index contributed by atoms with van der Waals surface area (Å²) in [6, 6.07) is 1.74. The van der Waals surface area contributed by atoms with Crippen LogP contribution in [-0.4, -0.2) is 18.9 Å². The lowest BCUT2D eigenvalue weighted by Gasteiger charge is -2.12. The third-order valence-corrected chi connectivity index (χ3v) is 3.02. The molecule has 0 N–H and O–H groups in total. The lowest BCUT2D eigenvalue weighted by Crippen LogP contribution is -2.25. The predicted octanol–water partition coefficient (Wildman–Crippen LogP) is 1.75. The third kappa shape index (κ3) is 1.28. The van der Waals surface area contributed by atoms with Crippen LogP contribution in [-0.2, 0) is 9.53 Å². The molecule has 2 rings (SSSR count). The third-order valence-electron chi connectivity index (χ3n) is 2.14. The largest absolute Gasteiger partial charge is 0.468 e. The molecule has 14 heavy (non-hydrogen) atoms. The van der Waals surface area contributed by atoms with Crippen LogP contribution in [0.4, 0.5) is 0 Å². The van der Waals surface area contributed by atoms with Gasteiger partial charge in [-0.05, 0) is 17.5 Å². The second-order valence-electron chi connectivity index (χ2n) is 2.92. The zero-order valence-electron chi connectivity index (χ0n) is 7.52. The van der Waals surface area contributed by atoms with Crippen molar-refractivity contribution in [2.24, 2.45) is 5.92 Å². The Bertz CT molecular complexity index is 417. The Hall–Kier alpha value is -1.42. The van der Waals surface area contributed by atoms with Gasteiger partial charge in [-0.2, -0.15) is 0 Å². The van der Waals surface area contributed by atoms with Crippen LogP contribution in [0.1, 0.15) is 15.2 Å². The van der Waals surface area contributed by atoms with E-state index in [0.717, 1.165) is 4.88 Å². The van der Waals surface area contributed by atoms with Crippen molar-refractivity contribution in [2.75, 3.05) is 7.11 Å². The first-order valence-electron chi connectivity index (χ1n) is 4.12. The SMILES string of the molecule is COC(=O)C1C=Cc2sccc2C1=O. The van der Waals surface area contributed by atoms with Gasteiger partial charge in [0.15, 0.2) is 5.78 Å². The van der Waals surface area contributed by atoms with E-state index in [1.807, 2.05) is 5.38 Å². The van der Waals surface area contributed by atoms with Crippen LogP contribution < -0.4 is 0 Å². The molecule has 1 aromatic heterocycles. The van der Waals surface area contributed by atoms with Crippen LogP contribution in [0.3, 0.4) is 0 Å². The van der Waals surface area contributed by atoms with E-state index >= 15 is 0 Å². The summed E-state index contributed by atoms with van der Waals surface area (Å²) < 4.78 is 4.54. The van der Waals surface area contributed by atoms with E-state index in [1.165, 1.54) is 18.4 Å². The van der Waals surface area contributed by atoms with Crippen LogP contribution in [0.15, 0.2) is 17.5 Å². The van der Waals surface area contributed by atoms with Gasteiger partial charge in [0.05, 0.1) is 7.11 Å². The predicted molar refractivity (Wildman–Crippen MR) is 53.2 cm³/mol. The molecule has 0 radical (unpaired) electrons. The van der Waals surface area contributed by atoms with Gasteiger partial charge in [0, 0.05) is 10.4 Å². The number of rotatable bonds is 1. The van der Waals surface area contributed by atoms with Crippen molar-refractivity contribution >= 4 is 29.2 Å². The highest BCUT2D eigenvalue weighted by Crippen LogP contribution is 2.27. The molecule has 1 aliphatic rings. The van der Waals surface area contributed by atoms with Gasteiger partial charge in [-0.1, -0.05) is 6.08 Å². The number of methoxy groups -OCH3 is 1. The van der Waals surface area contributed by atoms with Crippen molar-refractivity contribution in [3.8, 4) is 0 Å². The van der Waals surface area contributed by atoms with Crippen molar-refractivity contribution in [3.05, 3.63) is 28.0 Å². The van der Waals surface area contributed by atoms with E-state index in [1.54, 1.807) is 18.2 Å². The summed E-state index contributed by atoms with van der Waals surface area (Å²) in [6.07, 6.45) is 3.38. The summed E-state index contributed by atoms with van der Waals surface area (Å²) in [5, 5.41) is 1.84. The number of hydrogen-bond acceptors (Lipinski definition) is 4. The van der Waals surface area contributed by atoms with Crippen molar-refractivity contribution in [3.63, 3.8) is 0 Å². The van der Waals surface area contributed by atoms with Crippen molar-refractivity contribution in [1.82, 2.24) is 0 Å². The van der Waals surface area contributed by atoms with E-state index < -0.39 is 11.9 Å². The molecule has 1 aromatic rings. The molecule has 0 bridgehead atoms. The zero-order chi connectivity index (χ0) is 10.1. The molecule has 1 atom stereocenters. The fourth-order valence-corrected chi connectivity index (χ4v) is 2.21. The van der Waals surface area contributed by atoms with E-state index in [0.29, 0.717) is 5.56 Å². The number of fused-ring (bicyclic) bond motifs is 1. The van der Waals surface area contributed by atoms with Gasteiger partial charge < -0.3 is 4.74 Å². The molecule has 1 unspecified atom stereocenters. The highest BCUT2D eigenvalue weighted by molar-refractivity contribution is 7.11. The molecule has 1 heterocycles. The molecule has 0 saturated carbocycles. The summed E-state index contributed by atoms with van der Waals surface area (Å²) in [7, 11) is 1.28. The topological polar surface area (TPSA) is 43.4 Å². The number of esters is 1. The highest BCUT2D eigenvalue weighted by Gasteiger charge is 2.30. The fourth-order valence-electron chi connectivity index (χ4n) is 1.40. The van der Waals surface area contributed by atoms with Gasteiger partial charge in [-0.3, -0.25) is 9.59 Å². The number of ketones is 1. The van der Waals surface area contributed by atoms with Crippen molar-refractivity contribution in [1.29, 1.82) is 0 Å². The number of hydrogen-bond donors (Lipinski definition) is 0. The number of ether oxygens (including phenoxy) is 1. The van der Waals surface area contributed by atoms with Crippen LogP contribution in [0, 0.1) is 5.92 Å². The first kappa shape index (κ1) is 9.15. The number of carbonyl (C=O) groups excluding carboxylic acids is 2. The first-order chi connectivity index (χ1) is 6.74. The number of Topliss-reactive ketones (excluding diaryl/α,β-unsaturated/α-hetero) is 1. The smallest absolute Gasteiger partial charge is 0.320 e. The van der Waals surface area contributed by atoms with Gasteiger partial charge in [-0.15, -0.1) is 11.3 Å². The Morgan fingerprint density at radius 2 is 2.36 bits per heavy atom. The maximum absolute atomic E-state index is 11.7. The number of carbonyl (C=O) groups is 2. The second-order valence-corrected chi connectivity index (χ2v) is 3.87. The van der Waals surface area contributed by atoms with Gasteiger partial charge in [0.25, 0.3) is 0 Å². The molecule has 0 spiro atoms. The lowest BCUT2D eigenvalue weighted by molar-refractivity contribution is -0.142. The quantitative estimate of drug-likeness (QED) is 0.521. The van der Waals surface area contributed by atoms with Crippen LogP contribution >= 0.6 is 11.3 Å². The molecule has 0 fully saturated rings. The normalized spacial score (nSPS) is 19.2. The average Bonchev–Trinajstić information content (AvgIpc) is 2.66. The summed E-state index contributed by atoms with van der Waals surface area (Å²) in [6.45, 7) is 0. The molecular formula is C10H8O3S. The van der Waals surface area contributed by atoms with Gasteiger partial charge in [0.2, 0.25) is 0 Å². The van der Waals surface area contributed by atoms with Crippen LogP contribution in [0.5, 0.6) is 0 Å². The van der Waals surface area contributed by atoms with E-state index in [2.05, 4.69) is 4.74 Å². The maximum atomic E-state index is 11.7. The Morgan fingerprint density at radius 1 is 1.57 bits per heavy atom.